The number of nitrogens with zero attached hydrogens (tertiary/aromatic N) is 1. The number of unbranched alkanes of at least 4 members (excludes halogenated alkanes) is 1. The lowest BCUT2D eigenvalue weighted by Crippen LogP contribution is -2.46. The van der Waals surface area contributed by atoms with Crippen LogP contribution in [0.3, 0.4) is 0 Å². The van der Waals surface area contributed by atoms with E-state index in [1.165, 1.54) is 51.6 Å². The van der Waals surface area contributed by atoms with E-state index in [1.54, 1.807) is 0 Å². The average Bonchev–Trinajstić information content (AvgIpc) is 2.30. The van der Waals surface area contributed by atoms with Crippen molar-refractivity contribution in [2.24, 2.45) is 11.7 Å². The van der Waals surface area contributed by atoms with Crippen molar-refractivity contribution in [1.82, 2.24) is 4.90 Å². The summed E-state index contributed by atoms with van der Waals surface area (Å²) in [5, 5.41) is 0. The fourth-order valence-electron chi connectivity index (χ4n) is 2.65. The molecule has 0 saturated carbocycles. The molecule has 0 spiro atoms. The van der Waals surface area contributed by atoms with Gasteiger partial charge in [0.25, 0.3) is 0 Å². The van der Waals surface area contributed by atoms with E-state index in [0.29, 0.717) is 6.04 Å². The Labute approximate surface area is 95.2 Å². The maximum atomic E-state index is 5.89. The van der Waals surface area contributed by atoms with Gasteiger partial charge in [-0.05, 0) is 31.7 Å². The van der Waals surface area contributed by atoms with Gasteiger partial charge in [0.2, 0.25) is 0 Å². The van der Waals surface area contributed by atoms with Gasteiger partial charge in [-0.1, -0.05) is 33.1 Å². The standard InChI is InChI=1S/C13H28N2/c1-3-5-8-13(10-14)15-9-6-7-12(4-2)11-15/h12-13H,3-11,14H2,1-2H3. The summed E-state index contributed by atoms with van der Waals surface area (Å²) in [6, 6.07) is 0.652. The first kappa shape index (κ1) is 13.0. The van der Waals surface area contributed by atoms with Crippen LogP contribution in [0, 0.1) is 5.92 Å². The smallest absolute Gasteiger partial charge is 0.0218 e. The largest absolute Gasteiger partial charge is 0.329 e. The summed E-state index contributed by atoms with van der Waals surface area (Å²) in [6.45, 7) is 8.00. The third-order valence-electron chi connectivity index (χ3n) is 3.81. The minimum absolute atomic E-state index is 0.652. The summed E-state index contributed by atoms with van der Waals surface area (Å²) in [7, 11) is 0. The zero-order valence-electron chi connectivity index (χ0n) is 10.5. The molecule has 0 aromatic heterocycles. The Bertz CT molecular complexity index is 159. The van der Waals surface area contributed by atoms with Gasteiger partial charge in [0.05, 0.1) is 0 Å². The van der Waals surface area contributed by atoms with E-state index in [9.17, 15) is 0 Å². The minimum atomic E-state index is 0.652. The van der Waals surface area contributed by atoms with Crippen LogP contribution in [0.15, 0.2) is 0 Å². The van der Waals surface area contributed by atoms with E-state index in [1.807, 2.05) is 0 Å². The van der Waals surface area contributed by atoms with Crippen molar-refractivity contribution < 1.29 is 0 Å². The van der Waals surface area contributed by atoms with Crippen LogP contribution in [0.5, 0.6) is 0 Å². The summed E-state index contributed by atoms with van der Waals surface area (Å²) in [5.41, 5.74) is 5.89. The topological polar surface area (TPSA) is 29.3 Å². The second-order valence-corrected chi connectivity index (χ2v) is 4.94. The molecule has 0 bridgehead atoms. The summed E-state index contributed by atoms with van der Waals surface area (Å²) in [6.07, 6.45) is 8.06. The molecule has 2 N–H and O–H groups in total. The first-order chi connectivity index (χ1) is 7.31. The Kier molecular flexibility index (Phi) is 6.26. The van der Waals surface area contributed by atoms with E-state index in [0.717, 1.165) is 12.5 Å². The second kappa shape index (κ2) is 7.24. The van der Waals surface area contributed by atoms with Crippen molar-refractivity contribution in [3.63, 3.8) is 0 Å². The molecule has 1 aliphatic rings. The molecule has 2 heteroatoms. The van der Waals surface area contributed by atoms with Crippen molar-refractivity contribution in [3.05, 3.63) is 0 Å². The molecule has 1 heterocycles. The predicted octanol–water partition coefficient (Wildman–Crippen LogP) is 2.63. The molecular weight excluding hydrogens is 184 g/mol. The van der Waals surface area contributed by atoms with Crippen LogP contribution in [0.4, 0.5) is 0 Å². The first-order valence-electron chi connectivity index (χ1n) is 6.75. The van der Waals surface area contributed by atoms with Crippen molar-refractivity contribution in [1.29, 1.82) is 0 Å². The summed E-state index contributed by atoms with van der Waals surface area (Å²) in [4.78, 5) is 2.65. The van der Waals surface area contributed by atoms with Gasteiger partial charge in [0.1, 0.15) is 0 Å². The Morgan fingerprint density at radius 3 is 2.80 bits per heavy atom. The Balaban J connectivity index is 2.37. The molecular formula is C13H28N2. The highest BCUT2D eigenvalue weighted by atomic mass is 15.2. The minimum Gasteiger partial charge on any atom is -0.329 e. The Hall–Kier alpha value is -0.0800. The molecule has 1 aliphatic heterocycles. The summed E-state index contributed by atoms with van der Waals surface area (Å²) >= 11 is 0. The van der Waals surface area contributed by atoms with E-state index >= 15 is 0 Å². The molecule has 0 aliphatic carbocycles. The lowest BCUT2D eigenvalue weighted by Gasteiger charge is -2.37. The molecule has 0 aromatic rings. The third-order valence-corrected chi connectivity index (χ3v) is 3.81. The van der Waals surface area contributed by atoms with Crippen LogP contribution < -0.4 is 5.73 Å². The molecule has 1 saturated heterocycles. The molecule has 1 fully saturated rings. The lowest BCUT2D eigenvalue weighted by atomic mass is 9.93. The van der Waals surface area contributed by atoms with Gasteiger partial charge >= 0.3 is 0 Å². The van der Waals surface area contributed by atoms with E-state index < -0.39 is 0 Å². The first-order valence-corrected chi connectivity index (χ1v) is 6.75. The zero-order chi connectivity index (χ0) is 11.1. The maximum absolute atomic E-state index is 5.89. The fourth-order valence-corrected chi connectivity index (χ4v) is 2.65. The number of hydrogen-bond donors (Lipinski definition) is 1. The van der Waals surface area contributed by atoms with Gasteiger partial charge in [0.15, 0.2) is 0 Å². The number of hydrogen-bond acceptors (Lipinski definition) is 2. The maximum Gasteiger partial charge on any atom is 0.0218 e. The molecule has 0 aromatic carbocycles. The van der Waals surface area contributed by atoms with Gasteiger partial charge < -0.3 is 5.73 Å². The zero-order valence-corrected chi connectivity index (χ0v) is 10.5. The molecule has 15 heavy (non-hydrogen) atoms. The highest BCUT2D eigenvalue weighted by molar-refractivity contribution is 4.79. The highest BCUT2D eigenvalue weighted by Gasteiger charge is 2.23. The fraction of sp³-hybridized carbons (Fsp3) is 1.00. The van der Waals surface area contributed by atoms with Gasteiger partial charge in [-0.3, -0.25) is 4.90 Å². The monoisotopic (exact) mass is 212 g/mol. The second-order valence-electron chi connectivity index (χ2n) is 4.94. The number of likely N-dealkylation sites (tertiary alicyclic amines) is 1. The van der Waals surface area contributed by atoms with Crippen LogP contribution in [-0.2, 0) is 0 Å². The highest BCUT2D eigenvalue weighted by Crippen LogP contribution is 2.22. The molecule has 1 rings (SSSR count). The van der Waals surface area contributed by atoms with Crippen molar-refractivity contribution in [3.8, 4) is 0 Å². The molecule has 0 radical (unpaired) electrons. The van der Waals surface area contributed by atoms with Gasteiger partial charge in [-0.15, -0.1) is 0 Å². The molecule has 90 valence electrons. The van der Waals surface area contributed by atoms with Crippen molar-refractivity contribution >= 4 is 0 Å². The third kappa shape index (κ3) is 4.12. The van der Waals surface area contributed by atoms with E-state index in [-0.39, 0.29) is 0 Å². The van der Waals surface area contributed by atoms with Gasteiger partial charge in [-0.25, -0.2) is 0 Å². The molecule has 0 amide bonds. The van der Waals surface area contributed by atoms with Gasteiger partial charge in [0, 0.05) is 19.1 Å². The number of piperidine rings is 1. The van der Waals surface area contributed by atoms with E-state index in [4.69, 9.17) is 5.73 Å². The predicted molar refractivity (Wildman–Crippen MR) is 67.0 cm³/mol. The lowest BCUT2D eigenvalue weighted by molar-refractivity contribution is 0.117. The van der Waals surface area contributed by atoms with Crippen LogP contribution in [-0.4, -0.2) is 30.6 Å². The quantitative estimate of drug-likeness (QED) is 0.733. The normalized spacial score (nSPS) is 25.4. The average molecular weight is 212 g/mol. The van der Waals surface area contributed by atoms with Crippen LogP contribution in [0.1, 0.15) is 52.4 Å². The summed E-state index contributed by atoms with van der Waals surface area (Å²) in [5.74, 6) is 0.925. The molecule has 2 nitrogen and oxygen atoms in total. The van der Waals surface area contributed by atoms with Gasteiger partial charge in [-0.2, -0.15) is 0 Å². The van der Waals surface area contributed by atoms with Crippen molar-refractivity contribution in [2.45, 2.75) is 58.4 Å². The van der Waals surface area contributed by atoms with Crippen LogP contribution >= 0.6 is 0 Å². The van der Waals surface area contributed by atoms with E-state index in [2.05, 4.69) is 18.7 Å². The number of nitrogens with two attached hydrogens (primary N) is 1. The summed E-state index contributed by atoms with van der Waals surface area (Å²) < 4.78 is 0. The SMILES string of the molecule is CCCCC(CN)N1CCCC(CC)C1. The Morgan fingerprint density at radius 2 is 2.20 bits per heavy atom. The molecule has 2 unspecified atom stereocenters. The van der Waals surface area contributed by atoms with Crippen molar-refractivity contribution in [2.75, 3.05) is 19.6 Å². The molecule has 2 atom stereocenters. The van der Waals surface area contributed by atoms with Crippen LogP contribution in [0.2, 0.25) is 0 Å². The Morgan fingerprint density at radius 1 is 1.40 bits per heavy atom. The van der Waals surface area contributed by atoms with Crippen LogP contribution in [0.25, 0.3) is 0 Å². The number of rotatable bonds is 6.